The van der Waals surface area contributed by atoms with E-state index < -0.39 is 5.60 Å². The fourth-order valence-electron chi connectivity index (χ4n) is 1.69. The molecule has 1 saturated heterocycles. The highest BCUT2D eigenvalue weighted by molar-refractivity contribution is 5.69. The number of nitrogens with zero attached hydrogens (tertiary/aromatic N) is 2. The fraction of sp³-hybridized carbons (Fsp3) is 0.667. The molecule has 1 amide bonds. The topological polar surface area (TPSA) is 53.3 Å². The summed E-state index contributed by atoms with van der Waals surface area (Å²) in [5.41, 5.74) is 0.513. The Kier molecular flexibility index (Phi) is 3.58. The lowest BCUT2D eigenvalue weighted by Gasteiger charge is -2.26. The van der Waals surface area contributed by atoms with Gasteiger partial charge in [-0.1, -0.05) is 0 Å². The first-order valence-corrected chi connectivity index (χ1v) is 5.40. The van der Waals surface area contributed by atoms with E-state index in [9.17, 15) is 4.79 Å². The van der Waals surface area contributed by atoms with E-state index >= 15 is 0 Å². The molecule has 0 aliphatic carbocycles. The van der Waals surface area contributed by atoms with Crippen LogP contribution in [0.1, 0.15) is 34.1 Å². The summed E-state index contributed by atoms with van der Waals surface area (Å²) in [5, 5.41) is 8.56. The van der Waals surface area contributed by atoms with Crippen LogP contribution in [0.25, 0.3) is 0 Å². The third-order valence-corrected chi connectivity index (χ3v) is 2.36. The average molecular weight is 222 g/mol. The van der Waals surface area contributed by atoms with Gasteiger partial charge in [0.05, 0.1) is 6.07 Å². The molecule has 4 heteroatoms. The maximum absolute atomic E-state index is 11.8. The Hall–Kier alpha value is -1.50. The van der Waals surface area contributed by atoms with Gasteiger partial charge in [0, 0.05) is 18.7 Å². The van der Waals surface area contributed by atoms with Crippen molar-refractivity contribution in [1.29, 1.82) is 5.26 Å². The zero-order valence-electron chi connectivity index (χ0n) is 10.3. The van der Waals surface area contributed by atoms with Gasteiger partial charge >= 0.3 is 6.09 Å². The quantitative estimate of drug-likeness (QED) is 0.591. The molecule has 0 aromatic carbocycles. The van der Waals surface area contributed by atoms with Gasteiger partial charge in [-0.2, -0.15) is 5.26 Å². The van der Waals surface area contributed by atoms with Gasteiger partial charge in [-0.15, -0.1) is 0 Å². The number of ether oxygens (including phenoxy) is 1. The Balaban J connectivity index is 2.66. The molecule has 0 aromatic rings. The summed E-state index contributed by atoms with van der Waals surface area (Å²) in [6.45, 7) is 8.00. The van der Waals surface area contributed by atoms with Gasteiger partial charge in [-0.25, -0.2) is 4.79 Å². The van der Waals surface area contributed by atoms with E-state index in [1.54, 1.807) is 4.90 Å². The predicted molar refractivity (Wildman–Crippen MR) is 60.7 cm³/mol. The van der Waals surface area contributed by atoms with E-state index in [0.717, 1.165) is 12.0 Å². The maximum atomic E-state index is 11.8. The molecule has 0 aromatic heterocycles. The molecular weight excluding hydrogens is 204 g/mol. The van der Waals surface area contributed by atoms with Gasteiger partial charge in [-0.05, 0) is 39.7 Å². The zero-order valence-corrected chi connectivity index (χ0v) is 10.3. The number of allylic oxidation sites excluding steroid dienone is 1. The van der Waals surface area contributed by atoms with E-state index in [-0.39, 0.29) is 12.1 Å². The molecule has 0 N–H and O–H groups in total. The van der Waals surface area contributed by atoms with Crippen LogP contribution in [0.4, 0.5) is 4.79 Å². The van der Waals surface area contributed by atoms with Crippen LogP contribution < -0.4 is 0 Å². The molecule has 4 nitrogen and oxygen atoms in total. The molecule has 0 bridgehead atoms. The second kappa shape index (κ2) is 4.56. The van der Waals surface area contributed by atoms with Crippen molar-refractivity contribution >= 4 is 6.09 Å². The highest BCUT2D eigenvalue weighted by Gasteiger charge is 2.31. The average Bonchev–Trinajstić information content (AvgIpc) is 2.44. The van der Waals surface area contributed by atoms with Crippen LogP contribution in [0.15, 0.2) is 11.6 Å². The van der Waals surface area contributed by atoms with Crippen LogP contribution in [0, 0.1) is 11.3 Å². The number of amides is 1. The standard InChI is InChI=1S/C12H18N2O2/c1-9-7-10(5-6-13)8-14(9)11(15)16-12(2,3)4/h5,9H,7-8H2,1-4H3. The summed E-state index contributed by atoms with van der Waals surface area (Å²) < 4.78 is 5.30. The Morgan fingerprint density at radius 2 is 2.25 bits per heavy atom. The number of carbonyl (C=O) groups excluding carboxylic acids is 1. The minimum Gasteiger partial charge on any atom is -0.444 e. The van der Waals surface area contributed by atoms with E-state index in [1.807, 2.05) is 33.8 Å². The molecule has 1 aliphatic rings. The van der Waals surface area contributed by atoms with Gasteiger partial charge < -0.3 is 9.64 Å². The lowest BCUT2D eigenvalue weighted by molar-refractivity contribution is 0.0242. The minimum atomic E-state index is -0.474. The van der Waals surface area contributed by atoms with E-state index in [0.29, 0.717) is 6.54 Å². The molecule has 0 spiro atoms. The molecule has 1 unspecified atom stereocenters. The zero-order chi connectivity index (χ0) is 12.3. The summed E-state index contributed by atoms with van der Waals surface area (Å²) in [6, 6.07) is 2.10. The number of carbonyl (C=O) groups is 1. The first kappa shape index (κ1) is 12.6. The highest BCUT2D eigenvalue weighted by Crippen LogP contribution is 2.24. The first-order valence-electron chi connectivity index (χ1n) is 5.40. The molecule has 1 aliphatic heterocycles. The molecule has 0 radical (unpaired) electrons. The summed E-state index contributed by atoms with van der Waals surface area (Å²) in [5.74, 6) is 0. The summed E-state index contributed by atoms with van der Waals surface area (Å²) in [7, 11) is 0. The number of nitriles is 1. The third kappa shape index (κ3) is 3.27. The monoisotopic (exact) mass is 222 g/mol. The first-order chi connectivity index (χ1) is 7.33. The number of rotatable bonds is 0. The van der Waals surface area contributed by atoms with Crippen LogP contribution in [0.2, 0.25) is 0 Å². The molecule has 1 rings (SSSR count). The SMILES string of the molecule is CC1CC(=CC#N)CN1C(=O)OC(C)(C)C. The summed E-state index contributed by atoms with van der Waals surface area (Å²) >= 11 is 0. The number of hydrogen-bond donors (Lipinski definition) is 0. The minimum absolute atomic E-state index is 0.106. The normalized spacial score (nSPS) is 23.3. The largest absolute Gasteiger partial charge is 0.444 e. The second-order valence-electron chi connectivity index (χ2n) is 5.09. The van der Waals surface area contributed by atoms with Crippen LogP contribution >= 0.6 is 0 Å². The maximum Gasteiger partial charge on any atom is 0.410 e. The van der Waals surface area contributed by atoms with Gasteiger partial charge in [0.15, 0.2) is 0 Å². The smallest absolute Gasteiger partial charge is 0.410 e. The van der Waals surface area contributed by atoms with Crippen molar-refractivity contribution in [2.24, 2.45) is 0 Å². The van der Waals surface area contributed by atoms with E-state index in [4.69, 9.17) is 10.00 Å². The molecule has 1 atom stereocenters. The predicted octanol–water partition coefficient (Wildman–Crippen LogP) is 2.47. The Bertz CT molecular complexity index is 347. The lowest BCUT2D eigenvalue weighted by atomic mass is 10.2. The Morgan fingerprint density at radius 1 is 1.62 bits per heavy atom. The van der Waals surface area contributed by atoms with Gasteiger partial charge in [-0.3, -0.25) is 0 Å². The van der Waals surface area contributed by atoms with Crippen molar-refractivity contribution in [1.82, 2.24) is 4.90 Å². The van der Waals surface area contributed by atoms with Crippen molar-refractivity contribution in [2.75, 3.05) is 6.54 Å². The van der Waals surface area contributed by atoms with Crippen molar-refractivity contribution in [3.8, 4) is 6.07 Å². The molecule has 16 heavy (non-hydrogen) atoms. The van der Waals surface area contributed by atoms with Crippen LogP contribution in [0.5, 0.6) is 0 Å². The molecule has 1 fully saturated rings. The van der Waals surface area contributed by atoms with Gasteiger partial charge in [0.25, 0.3) is 0 Å². The third-order valence-electron chi connectivity index (χ3n) is 2.36. The fourth-order valence-corrected chi connectivity index (χ4v) is 1.69. The molecule has 88 valence electrons. The summed E-state index contributed by atoms with van der Waals surface area (Å²) in [4.78, 5) is 13.5. The Morgan fingerprint density at radius 3 is 2.75 bits per heavy atom. The van der Waals surface area contributed by atoms with Crippen molar-refractivity contribution in [2.45, 2.75) is 45.8 Å². The lowest BCUT2D eigenvalue weighted by Crippen LogP contribution is -2.38. The van der Waals surface area contributed by atoms with Crippen LogP contribution in [-0.4, -0.2) is 29.2 Å². The van der Waals surface area contributed by atoms with Crippen molar-refractivity contribution in [3.63, 3.8) is 0 Å². The molecular formula is C12H18N2O2. The molecule has 0 saturated carbocycles. The highest BCUT2D eigenvalue weighted by atomic mass is 16.6. The Labute approximate surface area is 96.5 Å². The molecule has 1 heterocycles. The number of hydrogen-bond acceptors (Lipinski definition) is 3. The van der Waals surface area contributed by atoms with E-state index in [1.165, 1.54) is 6.08 Å². The van der Waals surface area contributed by atoms with E-state index in [2.05, 4.69) is 0 Å². The number of likely N-dealkylation sites (tertiary alicyclic amines) is 1. The van der Waals surface area contributed by atoms with Crippen LogP contribution in [0.3, 0.4) is 0 Å². The summed E-state index contributed by atoms with van der Waals surface area (Å²) in [6.07, 6.45) is 1.97. The van der Waals surface area contributed by atoms with Crippen molar-refractivity contribution < 1.29 is 9.53 Å². The van der Waals surface area contributed by atoms with Crippen molar-refractivity contribution in [3.05, 3.63) is 11.6 Å². The van der Waals surface area contributed by atoms with Crippen LogP contribution in [-0.2, 0) is 4.74 Å². The van der Waals surface area contributed by atoms with Gasteiger partial charge in [0.2, 0.25) is 0 Å². The van der Waals surface area contributed by atoms with Gasteiger partial charge in [0.1, 0.15) is 5.60 Å². The second-order valence-corrected chi connectivity index (χ2v) is 5.09.